The Kier molecular flexibility index (Phi) is 2.43. The summed E-state index contributed by atoms with van der Waals surface area (Å²) in [5, 5.41) is 9.66. The number of hydrogen-bond donors (Lipinski definition) is 2. The molecule has 0 bridgehead atoms. The predicted octanol–water partition coefficient (Wildman–Crippen LogP) is 2.33. The molecule has 84 valence electrons. The zero-order chi connectivity index (χ0) is 11.8. The maximum absolute atomic E-state index is 9.66. The minimum Gasteiger partial charge on any atom is -0.507 e. The predicted molar refractivity (Wildman–Crippen MR) is 71.5 cm³/mol. The van der Waals surface area contributed by atoms with Crippen LogP contribution >= 0.6 is 22.6 Å². The Bertz CT molecular complexity index is 662. The summed E-state index contributed by atoms with van der Waals surface area (Å²) < 4.78 is 0.808. The summed E-state index contributed by atoms with van der Waals surface area (Å²) in [6.45, 7) is 0. The topological polar surface area (TPSA) is 74.7 Å². The number of nitrogens with one attached hydrogen (secondary N) is 1. The lowest BCUT2D eigenvalue weighted by Gasteiger charge is -1.99. The van der Waals surface area contributed by atoms with E-state index in [-0.39, 0.29) is 5.75 Å². The molecule has 0 aliphatic heterocycles. The van der Waals surface area contributed by atoms with E-state index < -0.39 is 0 Å². The molecule has 0 atom stereocenters. The molecule has 17 heavy (non-hydrogen) atoms. The van der Waals surface area contributed by atoms with Crippen molar-refractivity contribution < 1.29 is 5.11 Å². The van der Waals surface area contributed by atoms with E-state index in [1.165, 1.54) is 6.33 Å². The maximum Gasteiger partial charge on any atom is 0.181 e. The Balaban J connectivity index is 2.17. The summed E-state index contributed by atoms with van der Waals surface area (Å²) in [6.07, 6.45) is 3.13. The van der Waals surface area contributed by atoms with Crippen LogP contribution in [0, 0.1) is 3.57 Å². The number of nitrogens with zero attached hydrogens (tertiary/aromatic N) is 3. The number of phenolic OH excluding ortho intramolecular Hbond substituents is 1. The van der Waals surface area contributed by atoms with Crippen molar-refractivity contribution in [3.63, 3.8) is 0 Å². The lowest BCUT2D eigenvalue weighted by molar-refractivity contribution is 0.471. The van der Waals surface area contributed by atoms with Crippen molar-refractivity contribution in [3.8, 4) is 17.1 Å². The second-order valence-electron chi connectivity index (χ2n) is 3.51. The molecule has 0 aliphatic rings. The van der Waals surface area contributed by atoms with Crippen molar-refractivity contribution in [3.05, 3.63) is 34.3 Å². The fourth-order valence-corrected chi connectivity index (χ4v) is 1.89. The van der Waals surface area contributed by atoms with E-state index in [1.807, 2.05) is 12.1 Å². The van der Waals surface area contributed by atoms with E-state index in [0.29, 0.717) is 11.5 Å². The zero-order valence-electron chi connectivity index (χ0n) is 8.55. The largest absolute Gasteiger partial charge is 0.507 e. The van der Waals surface area contributed by atoms with Gasteiger partial charge in [0.25, 0.3) is 0 Å². The number of halogens is 1. The van der Waals surface area contributed by atoms with Crippen LogP contribution in [0.25, 0.3) is 22.6 Å². The Morgan fingerprint density at radius 1 is 1.29 bits per heavy atom. The van der Waals surface area contributed by atoms with Crippen molar-refractivity contribution >= 4 is 33.8 Å². The second kappa shape index (κ2) is 3.95. The van der Waals surface area contributed by atoms with Crippen LogP contribution in [-0.4, -0.2) is 25.0 Å². The molecule has 0 radical (unpaired) electrons. The van der Waals surface area contributed by atoms with E-state index in [1.54, 1.807) is 12.3 Å². The number of H-pyrrole nitrogens is 1. The molecule has 2 aromatic heterocycles. The molecule has 0 amide bonds. The first kappa shape index (κ1) is 10.5. The van der Waals surface area contributed by atoms with Gasteiger partial charge in [-0.2, -0.15) is 0 Å². The van der Waals surface area contributed by atoms with Gasteiger partial charge in [-0.05, 0) is 40.8 Å². The van der Waals surface area contributed by atoms with Crippen LogP contribution < -0.4 is 0 Å². The van der Waals surface area contributed by atoms with Gasteiger partial charge >= 0.3 is 0 Å². The number of rotatable bonds is 1. The fourth-order valence-electron chi connectivity index (χ4n) is 1.56. The molecule has 0 unspecified atom stereocenters. The lowest BCUT2D eigenvalue weighted by atomic mass is 10.2. The Morgan fingerprint density at radius 3 is 2.94 bits per heavy atom. The van der Waals surface area contributed by atoms with Gasteiger partial charge in [-0.25, -0.2) is 15.0 Å². The summed E-state index contributed by atoms with van der Waals surface area (Å²) in [5.41, 5.74) is 2.22. The number of aromatic hydroxyl groups is 1. The van der Waals surface area contributed by atoms with Gasteiger partial charge in [0.1, 0.15) is 23.4 Å². The molecule has 2 heterocycles. The van der Waals surface area contributed by atoms with Crippen LogP contribution in [0.15, 0.2) is 30.7 Å². The van der Waals surface area contributed by atoms with Gasteiger partial charge in [-0.15, -0.1) is 0 Å². The molecule has 0 aliphatic carbocycles. The number of fused-ring (bicyclic) bond motifs is 1. The Labute approximate surface area is 110 Å². The molecule has 1 aromatic carbocycles. The number of aromatic nitrogens is 4. The summed E-state index contributed by atoms with van der Waals surface area (Å²) >= 11 is 2.07. The van der Waals surface area contributed by atoms with Crippen molar-refractivity contribution in [2.45, 2.75) is 0 Å². The van der Waals surface area contributed by atoms with Gasteiger partial charge in [0, 0.05) is 5.56 Å². The van der Waals surface area contributed by atoms with Crippen LogP contribution in [0.1, 0.15) is 0 Å². The number of phenols is 1. The van der Waals surface area contributed by atoms with Crippen LogP contribution in [0.3, 0.4) is 0 Å². The first-order chi connectivity index (χ1) is 8.24. The molecule has 3 aromatic rings. The molecule has 0 spiro atoms. The second-order valence-corrected chi connectivity index (χ2v) is 4.67. The number of hydrogen-bond acceptors (Lipinski definition) is 4. The van der Waals surface area contributed by atoms with Gasteiger partial charge in [-0.1, -0.05) is 0 Å². The third kappa shape index (κ3) is 1.84. The summed E-state index contributed by atoms with van der Waals surface area (Å²) in [4.78, 5) is 15.4. The highest BCUT2D eigenvalue weighted by atomic mass is 127. The summed E-state index contributed by atoms with van der Waals surface area (Å²) in [5.74, 6) is 0.918. The SMILES string of the molecule is Oc1cc(-c2nc3ncncc3[nH]2)ccc1I. The third-order valence-electron chi connectivity index (χ3n) is 2.38. The number of benzene rings is 1. The van der Waals surface area contributed by atoms with Crippen molar-refractivity contribution in [1.29, 1.82) is 0 Å². The normalized spacial score (nSPS) is 10.9. The van der Waals surface area contributed by atoms with Crippen molar-refractivity contribution in [2.24, 2.45) is 0 Å². The average molecular weight is 338 g/mol. The molecular formula is C11H7IN4O. The van der Waals surface area contributed by atoms with Crippen molar-refractivity contribution in [2.75, 3.05) is 0 Å². The van der Waals surface area contributed by atoms with Gasteiger partial charge in [0.15, 0.2) is 5.65 Å². The Hall–Kier alpha value is -1.70. The van der Waals surface area contributed by atoms with E-state index in [2.05, 4.69) is 42.5 Å². The quantitative estimate of drug-likeness (QED) is 0.668. The van der Waals surface area contributed by atoms with Gasteiger partial charge in [0.05, 0.1) is 9.77 Å². The molecule has 6 heteroatoms. The molecule has 3 rings (SSSR count). The lowest BCUT2D eigenvalue weighted by Crippen LogP contribution is -1.81. The average Bonchev–Trinajstić information content (AvgIpc) is 2.76. The van der Waals surface area contributed by atoms with Crippen LogP contribution in [0.2, 0.25) is 0 Å². The highest BCUT2D eigenvalue weighted by molar-refractivity contribution is 14.1. The van der Waals surface area contributed by atoms with E-state index >= 15 is 0 Å². The van der Waals surface area contributed by atoms with Gasteiger partial charge < -0.3 is 10.1 Å². The van der Waals surface area contributed by atoms with Crippen LogP contribution in [0.4, 0.5) is 0 Å². The highest BCUT2D eigenvalue weighted by Gasteiger charge is 2.07. The zero-order valence-corrected chi connectivity index (χ0v) is 10.7. The van der Waals surface area contributed by atoms with Crippen LogP contribution in [-0.2, 0) is 0 Å². The van der Waals surface area contributed by atoms with E-state index in [9.17, 15) is 5.11 Å². The van der Waals surface area contributed by atoms with Gasteiger partial charge in [-0.3, -0.25) is 0 Å². The minimum absolute atomic E-state index is 0.245. The summed E-state index contributed by atoms with van der Waals surface area (Å²) in [6, 6.07) is 5.41. The van der Waals surface area contributed by atoms with E-state index in [4.69, 9.17) is 0 Å². The maximum atomic E-state index is 9.66. The highest BCUT2D eigenvalue weighted by Crippen LogP contribution is 2.26. The molecule has 0 saturated carbocycles. The molecule has 5 nitrogen and oxygen atoms in total. The number of aromatic amines is 1. The van der Waals surface area contributed by atoms with Crippen LogP contribution in [0.5, 0.6) is 5.75 Å². The van der Waals surface area contributed by atoms with E-state index in [0.717, 1.165) is 14.7 Å². The third-order valence-corrected chi connectivity index (χ3v) is 3.29. The standard InChI is InChI=1S/C11H7IN4O/c12-7-2-1-6(3-9(7)17)10-15-8-4-13-5-14-11(8)16-10/h1-5,17H,(H,13,14,15,16). The smallest absolute Gasteiger partial charge is 0.181 e. The monoisotopic (exact) mass is 338 g/mol. The molecule has 0 fully saturated rings. The first-order valence-electron chi connectivity index (χ1n) is 4.88. The molecular weight excluding hydrogens is 331 g/mol. The van der Waals surface area contributed by atoms with Crippen molar-refractivity contribution in [1.82, 2.24) is 19.9 Å². The molecule has 0 saturated heterocycles. The van der Waals surface area contributed by atoms with Gasteiger partial charge in [0.2, 0.25) is 0 Å². The molecule has 2 N–H and O–H groups in total. The minimum atomic E-state index is 0.245. The Morgan fingerprint density at radius 2 is 2.18 bits per heavy atom. The fraction of sp³-hybridized carbons (Fsp3) is 0. The summed E-state index contributed by atoms with van der Waals surface area (Å²) in [7, 11) is 0. The number of imidazole rings is 1. The first-order valence-corrected chi connectivity index (χ1v) is 5.96.